The zero-order valence-electron chi connectivity index (χ0n) is 5.47. The van der Waals surface area contributed by atoms with Crippen LogP contribution in [0.1, 0.15) is 0 Å². The Morgan fingerprint density at radius 3 is 2.50 bits per heavy atom. The van der Waals surface area contributed by atoms with E-state index >= 15 is 0 Å². The number of halogens is 4. The van der Waals surface area contributed by atoms with Gasteiger partial charge in [-0.15, -0.1) is 0 Å². The average Bonchev–Trinajstić information content (AvgIpc) is 1.82. The van der Waals surface area contributed by atoms with Gasteiger partial charge in [0.25, 0.3) is 0 Å². The van der Waals surface area contributed by atoms with Gasteiger partial charge in [-0.1, -0.05) is 11.6 Å². The zero-order valence-corrected chi connectivity index (χ0v) is 8.49. The molecule has 0 unspecified atom stereocenters. The first-order valence-corrected chi connectivity index (χ1v) is 4.23. The van der Waals surface area contributed by atoms with Gasteiger partial charge in [-0.05, 0) is 40.9 Å². The summed E-state index contributed by atoms with van der Waals surface area (Å²) < 4.78 is 2.80. The minimum absolute atomic E-state index is 0.0810. The van der Waals surface area contributed by atoms with Crippen LogP contribution in [0.15, 0.2) is 12.3 Å². The molecular weight excluding hydrogens is 246 g/mol. The van der Waals surface area contributed by atoms with Crippen molar-refractivity contribution < 1.29 is 4.74 Å². The Morgan fingerprint density at radius 2 is 2.00 bits per heavy atom. The highest BCUT2D eigenvalue weighted by Gasteiger charge is 2.23. The van der Waals surface area contributed by atoms with Gasteiger partial charge in [0.2, 0.25) is 0 Å². The molecule has 0 aliphatic heterocycles. The molecule has 7 heteroatoms. The van der Waals surface area contributed by atoms with Crippen LogP contribution < -0.4 is 4.74 Å². The minimum Gasteiger partial charge on any atom is -0.412 e. The Hall–Kier alpha value is 0.0400. The number of hydrogen-bond donors (Lipinski definition) is 0. The summed E-state index contributed by atoms with van der Waals surface area (Å²) in [5.41, 5.74) is 0. The van der Waals surface area contributed by atoms with Gasteiger partial charge in [-0.3, -0.25) is 0 Å². The molecule has 1 rings (SSSR count). The molecule has 12 heavy (non-hydrogen) atoms. The molecule has 1 aromatic rings. The summed E-state index contributed by atoms with van der Waals surface area (Å²) in [4.78, 5) is 7.29. The number of hydrogen-bond acceptors (Lipinski definition) is 3. The van der Waals surface area contributed by atoms with E-state index in [4.69, 9.17) is 46.4 Å². The highest BCUT2D eigenvalue weighted by molar-refractivity contribution is 6.66. The van der Waals surface area contributed by atoms with Gasteiger partial charge in [0, 0.05) is 6.20 Å². The lowest BCUT2D eigenvalue weighted by atomic mass is 10.7. The minimum atomic E-state index is -1.87. The predicted molar refractivity (Wildman–Crippen MR) is 48.0 cm³/mol. The number of nitrogens with zero attached hydrogens (tertiary/aromatic N) is 2. The molecule has 0 saturated heterocycles. The maximum absolute atomic E-state index is 5.51. The number of aromatic nitrogens is 2. The van der Waals surface area contributed by atoms with Gasteiger partial charge in [0.05, 0.1) is 0 Å². The Kier molecular flexibility index (Phi) is 3.23. The summed E-state index contributed by atoms with van der Waals surface area (Å²) >= 11 is 21.4. The molecule has 0 atom stereocenters. The van der Waals surface area contributed by atoms with E-state index in [1.807, 2.05) is 0 Å². The quantitative estimate of drug-likeness (QED) is 0.566. The molecule has 0 aliphatic carbocycles. The molecule has 0 bridgehead atoms. The fraction of sp³-hybridized carbons (Fsp3) is 0.200. The average molecular weight is 248 g/mol. The van der Waals surface area contributed by atoms with E-state index in [0.29, 0.717) is 0 Å². The highest BCUT2D eigenvalue weighted by Crippen LogP contribution is 2.28. The highest BCUT2D eigenvalue weighted by atomic mass is 35.6. The first-order valence-electron chi connectivity index (χ1n) is 2.72. The molecule has 0 spiro atoms. The third-order valence-electron chi connectivity index (χ3n) is 0.807. The number of ether oxygens (including phenoxy) is 1. The van der Waals surface area contributed by atoms with E-state index in [0.717, 1.165) is 0 Å². The van der Waals surface area contributed by atoms with Crippen molar-refractivity contribution in [2.24, 2.45) is 0 Å². The summed E-state index contributed by atoms with van der Waals surface area (Å²) in [5.74, 6) is 0. The van der Waals surface area contributed by atoms with Crippen molar-refractivity contribution in [1.29, 1.82) is 0 Å². The second-order valence-corrected chi connectivity index (χ2v) is 4.27. The fourth-order valence-corrected chi connectivity index (χ4v) is 0.808. The van der Waals surface area contributed by atoms with Crippen LogP contribution in [0.2, 0.25) is 5.15 Å². The summed E-state index contributed by atoms with van der Waals surface area (Å²) in [6.07, 6.45) is 1.39. The van der Waals surface area contributed by atoms with Crippen molar-refractivity contribution in [3.05, 3.63) is 17.4 Å². The third-order valence-corrected chi connectivity index (χ3v) is 1.25. The summed E-state index contributed by atoms with van der Waals surface area (Å²) in [5, 5.41) is 0.217. The topological polar surface area (TPSA) is 35.0 Å². The first-order chi connectivity index (χ1) is 5.47. The normalized spacial score (nSPS) is 11.3. The maximum Gasteiger partial charge on any atom is 0.341 e. The van der Waals surface area contributed by atoms with E-state index in [-0.39, 0.29) is 11.2 Å². The molecule has 3 nitrogen and oxygen atoms in total. The number of alkyl halides is 3. The molecule has 0 saturated carbocycles. The molecule has 0 aromatic carbocycles. The van der Waals surface area contributed by atoms with Gasteiger partial charge >= 0.3 is 9.99 Å². The Balaban J connectivity index is 2.77. The van der Waals surface area contributed by atoms with Crippen LogP contribution >= 0.6 is 46.4 Å². The number of rotatable bonds is 1. The van der Waals surface area contributed by atoms with E-state index in [2.05, 4.69) is 14.7 Å². The van der Waals surface area contributed by atoms with Gasteiger partial charge in [0.1, 0.15) is 5.15 Å². The Labute approximate surface area is 88.6 Å². The van der Waals surface area contributed by atoms with Crippen LogP contribution in [0.25, 0.3) is 0 Å². The maximum atomic E-state index is 5.51. The molecule has 0 fully saturated rings. The summed E-state index contributed by atoms with van der Waals surface area (Å²) in [6, 6.07) is 1.40. The molecule has 0 radical (unpaired) electrons. The molecule has 1 aromatic heterocycles. The first kappa shape index (κ1) is 10.1. The third kappa shape index (κ3) is 3.63. The second kappa shape index (κ2) is 3.83. The van der Waals surface area contributed by atoms with Gasteiger partial charge in [0.15, 0.2) is 0 Å². The molecule has 1 heterocycles. The largest absolute Gasteiger partial charge is 0.412 e. The lowest BCUT2D eigenvalue weighted by molar-refractivity contribution is 0.293. The zero-order chi connectivity index (χ0) is 9.19. The van der Waals surface area contributed by atoms with Crippen LogP contribution in [-0.2, 0) is 0 Å². The van der Waals surface area contributed by atoms with Crippen molar-refractivity contribution in [3.8, 4) is 6.01 Å². The second-order valence-electron chi connectivity index (χ2n) is 1.71. The van der Waals surface area contributed by atoms with Crippen LogP contribution in [0.4, 0.5) is 0 Å². The Bertz CT molecular complexity index is 274. The SMILES string of the molecule is Clc1ccnc(OC(Cl)(Cl)Cl)n1. The van der Waals surface area contributed by atoms with Crippen LogP contribution in [0.5, 0.6) is 6.01 Å². The van der Waals surface area contributed by atoms with Crippen molar-refractivity contribution >= 4 is 46.4 Å². The van der Waals surface area contributed by atoms with Crippen molar-refractivity contribution in [2.45, 2.75) is 3.98 Å². The summed E-state index contributed by atoms with van der Waals surface area (Å²) in [7, 11) is 0. The molecular formula is C5H2Cl4N2O. The monoisotopic (exact) mass is 246 g/mol. The van der Waals surface area contributed by atoms with Crippen LogP contribution in [0, 0.1) is 0 Å². The fourth-order valence-electron chi connectivity index (χ4n) is 0.473. The molecule has 0 amide bonds. The standard InChI is InChI=1S/C5H2Cl4N2O/c6-3-1-2-10-4(11-3)12-5(7,8)9/h1-2H. The molecule has 0 N–H and O–H groups in total. The van der Waals surface area contributed by atoms with E-state index in [9.17, 15) is 0 Å². The van der Waals surface area contributed by atoms with Crippen molar-refractivity contribution in [3.63, 3.8) is 0 Å². The van der Waals surface area contributed by atoms with E-state index in [1.165, 1.54) is 12.3 Å². The summed E-state index contributed by atoms with van der Waals surface area (Å²) in [6.45, 7) is 0. The predicted octanol–water partition coefficient (Wildman–Crippen LogP) is 2.84. The Morgan fingerprint density at radius 1 is 1.33 bits per heavy atom. The van der Waals surface area contributed by atoms with E-state index in [1.54, 1.807) is 0 Å². The van der Waals surface area contributed by atoms with Gasteiger partial charge in [-0.25, -0.2) is 4.98 Å². The van der Waals surface area contributed by atoms with Crippen LogP contribution in [0.3, 0.4) is 0 Å². The lowest BCUT2D eigenvalue weighted by Gasteiger charge is -2.10. The smallest absolute Gasteiger partial charge is 0.341 e. The molecule has 66 valence electrons. The molecule has 0 aliphatic rings. The van der Waals surface area contributed by atoms with Crippen molar-refractivity contribution in [1.82, 2.24) is 9.97 Å². The van der Waals surface area contributed by atoms with Crippen molar-refractivity contribution in [2.75, 3.05) is 0 Å². The van der Waals surface area contributed by atoms with Crippen LogP contribution in [-0.4, -0.2) is 13.9 Å². The van der Waals surface area contributed by atoms with Gasteiger partial charge in [-0.2, -0.15) is 4.98 Å². The lowest BCUT2D eigenvalue weighted by Crippen LogP contribution is -2.14. The van der Waals surface area contributed by atoms with Gasteiger partial charge < -0.3 is 4.74 Å². The van der Waals surface area contributed by atoms with E-state index < -0.39 is 3.98 Å².